The number of hydrogen-bond acceptors (Lipinski definition) is 5. The Labute approximate surface area is 177 Å². The molecule has 2 heterocycles. The van der Waals surface area contributed by atoms with Crippen molar-refractivity contribution in [1.82, 2.24) is 14.8 Å². The Bertz CT molecular complexity index is 1240. The van der Waals surface area contributed by atoms with E-state index in [-0.39, 0.29) is 0 Å². The average molecular weight is 415 g/mol. The van der Waals surface area contributed by atoms with Gasteiger partial charge in [-0.15, -0.1) is 0 Å². The fourth-order valence-corrected chi connectivity index (χ4v) is 3.12. The largest absolute Gasteiger partial charge is 0.450 e. The Kier molecular flexibility index (Phi) is 5.93. The van der Waals surface area contributed by atoms with E-state index >= 15 is 0 Å². The van der Waals surface area contributed by atoms with Crippen LogP contribution in [0.4, 0.5) is 4.39 Å². The molecule has 2 aromatic carbocycles. The number of ether oxygens (including phenoxy) is 1. The van der Waals surface area contributed by atoms with Crippen LogP contribution in [0, 0.1) is 5.82 Å². The van der Waals surface area contributed by atoms with Gasteiger partial charge in [-0.25, -0.2) is 9.07 Å². The van der Waals surface area contributed by atoms with Gasteiger partial charge in [0.2, 0.25) is 0 Å². The molecule has 0 aliphatic rings. The highest BCUT2D eigenvalue weighted by Gasteiger charge is 2.21. The molecule has 0 radical (unpaired) electrons. The van der Waals surface area contributed by atoms with E-state index in [1.54, 1.807) is 36.5 Å². The second kappa shape index (κ2) is 9.13. The Hall–Kier alpha value is -4.13. The van der Waals surface area contributed by atoms with Crippen molar-refractivity contribution in [2.45, 2.75) is 12.6 Å². The molecule has 0 spiro atoms. The Balaban J connectivity index is 1.59. The fraction of sp³-hybridized carbons (Fsp3) is 0.0833. The van der Waals surface area contributed by atoms with E-state index in [0.717, 1.165) is 10.2 Å². The van der Waals surface area contributed by atoms with Gasteiger partial charge in [-0.1, -0.05) is 48.5 Å². The van der Waals surface area contributed by atoms with Crippen molar-refractivity contribution in [1.29, 1.82) is 0 Å². The maximum absolute atomic E-state index is 13.8. The molecule has 4 aromatic rings. The molecule has 7 heteroatoms. The molecule has 4 rings (SSSR count). The van der Waals surface area contributed by atoms with Crippen molar-refractivity contribution in [3.05, 3.63) is 119 Å². The van der Waals surface area contributed by atoms with Gasteiger partial charge in [0, 0.05) is 23.4 Å². The molecule has 0 fully saturated rings. The number of benzene rings is 2. The van der Waals surface area contributed by atoms with Crippen LogP contribution in [-0.4, -0.2) is 20.7 Å². The summed E-state index contributed by atoms with van der Waals surface area (Å²) in [6.45, 7) is -0.391. The quantitative estimate of drug-likeness (QED) is 0.448. The van der Waals surface area contributed by atoms with Crippen LogP contribution in [-0.2, 0) is 16.1 Å². The van der Waals surface area contributed by atoms with Crippen LogP contribution in [0.3, 0.4) is 0 Å². The molecule has 0 saturated carbocycles. The molecule has 6 nitrogen and oxygen atoms in total. The van der Waals surface area contributed by atoms with E-state index in [0.29, 0.717) is 17.0 Å². The maximum atomic E-state index is 13.8. The summed E-state index contributed by atoms with van der Waals surface area (Å²) in [7, 11) is 0. The highest BCUT2D eigenvalue weighted by molar-refractivity contribution is 5.70. The van der Waals surface area contributed by atoms with Crippen LogP contribution in [0.2, 0.25) is 0 Å². The molecule has 0 aliphatic heterocycles. The summed E-state index contributed by atoms with van der Waals surface area (Å²) in [6.07, 6.45) is 0.641. The van der Waals surface area contributed by atoms with Crippen LogP contribution in [0.5, 0.6) is 0 Å². The van der Waals surface area contributed by atoms with Crippen LogP contribution in [0.15, 0.2) is 95.9 Å². The number of rotatable bonds is 6. The van der Waals surface area contributed by atoms with Gasteiger partial charge in [-0.2, -0.15) is 5.10 Å². The zero-order chi connectivity index (χ0) is 21.6. The lowest BCUT2D eigenvalue weighted by atomic mass is 10.1. The Morgan fingerprint density at radius 1 is 0.968 bits per heavy atom. The summed E-state index contributed by atoms with van der Waals surface area (Å²) in [5.41, 5.74) is 1.82. The molecule has 0 aliphatic carbocycles. The van der Waals surface area contributed by atoms with Crippen LogP contribution in [0.1, 0.15) is 17.4 Å². The van der Waals surface area contributed by atoms with E-state index in [9.17, 15) is 14.0 Å². The average Bonchev–Trinajstić information content (AvgIpc) is 2.80. The number of aromatic nitrogens is 3. The van der Waals surface area contributed by atoms with Crippen molar-refractivity contribution < 1.29 is 13.9 Å². The number of carbonyl (C=O) groups excluding carboxylic acids is 1. The van der Waals surface area contributed by atoms with Gasteiger partial charge in [-0.05, 0) is 30.3 Å². The Morgan fingerprint density at radius 2 is 1.77 bits per heavy atom. The zero-order valence-electron chi connectivity index (χ0n) is 16.4. The number of carbonyl (C=O) groups is 1. The number of hydrogen-bond donors (Lipinski definition) is 0. The van der Waals surface area contributed by atoms with Crippen LogP contribution in [0.25, 0.3) is 11.3 Å². The van der Waals surface area contributed by atoms with E-state index in [1.807, 2.05) is 30.3 Å². The SMILES string of the molecule is O=C(Cn1nc(-c2ccccc2)ccc1=O)OC(c1cccc(F)c1)c1ccccn1. The van der Waals surface area contributed by atoms with E-state index in [2.05, 4.69) is 10.1 Å². The molecule has 31 heavy (non-hydrogen) atoms. The van der Waals surface area contributed by atoms with E-state index < -0.39 is 30.0 Å². The fourth-order valence-electron chi connectivity index (χ4n) is 3.12. The first-order valence-electron chi connectivity index (χ1n) is 9.59. The minimum absolute atomic E-state index is 0.391. The van der Waals surface area contributed by atoms with Crippen molar-refractivity contribution in [3.8, 4) is 11.3 Å². The number of pyridine rings is 1. The van der Waals surface area contributed by atoms with Crippen LogP contribution >= 0.6 is 0 Å². The molecule has 0 N–H and O–H groups in total. The second-order valence-corrected chi connectivity index (χ2v) is 6.76. The molecule has 2 aromatic heterocycles. The summed E-state index contributed by atoms with van der Waals surface area (Å²) in [4.78, 5) is 29.2. The summed E-state index contributed by atoms with van der Waals surface area (Å²) in [5, 5.41) is 4.28. The summed E-state index contributed by atoms with van der Waals surface area (Å²) < 4.78 is 20.4. The molecule has 0 amide bonds. The predicted molar refractivity (Wildman–Crippen MR) is 113 cm³/mol. The van der Waals surface area contributed by atoms with E-state index in [1.165, 1.54) is 24.3 Å². The minimum atomic E-state index is -0.919. The lowest BCUT2D eigenvalue weighted by Gasteiger charge is -2.18. The number of nitrogens with zero attached hydrogens (tertiary/aromatic N) is 3. The smallest absolute Gasteiger partial charge is 0.328 e. The van der Waals surface area contributed by atoms with Crippen molar-refractivity contribution >= 4 is 5.97 Å². The standard InChI is InChI=1S/C24H18FN3O3/c25-19-10-6-9-18(15-19)24(21-11-4-5-14-26-21)31-23(30)16-28-22(29)13-12-20(27-28)17-7-2-1-3-8-17/h1-15,24H,16H2. The zero-order valence-corrected chi connectivity index (χ0v) is 16.4. The van der Waals surface area contributed by atoms with Crippen molar-refractivity contribution in [2.75, 3.05) is 0 Å². The lowest BCUT2D eigenvalue weighted by Crippen LogP contribution is -2.28. The molecule has 0 bridgehead atoms. The molecular formula is C24H18FN3O3. The first-order valence-corrected chi connectivity index (χ1v) is 9.59. The summed E-state index contributed by atoms with van der Waals surface area (Å²) in [6, 6.07) is 23.2. The lowest BCUT2D eigenvalue weighted by molar-refractivity contribution is -0.148. The highest BCUT2D eigenvalue weighted by Crippen LogP contribution is 2.25. The molecule has 1 atom stereocenters. The van der Waals surface area contributed by atoms with Gasteiger partial charge in [-0.3, -0.25) is 14.6 Å². The first-order chi connectivity index (χ1) is 15.1. The third-order valence-corrected chi connectivity index (χ3v) is 4.57. The summed E-state index contributed by atoms with van der Waals surface area (Å²) >= 11 is 0. The third-order valence-electron chi connectivity index (χ3n) is 4.57. The predicted octanol–water partition coefficient (Wildman–Crippen LogP) is 3.78. The van der Waals surface area contributed by atoms with Gasteiger partial charge in [0.1, 0.15) is 12.4 Å². The van der Waals surface area contributed by atoms with Gasteiger partial charge in [0.15, 0.2) is 6.10 Å². The van der Waals surface area contributed by atoms with Gasteiger partial charge in [0.25, 0.3) is 5.56 Å². The number of halogens is 1. The van der Waals surface area contributed by atoms with Crippen molar-refractivity contribution in [2.24, 2.45) is 0 Å². The Morgan fingerprint density at radius 3 is 2.52 bits per heavy atom. The monoisotopic (exact) mass is 415 g/mol. The minimum Gasteiger partial charge on any atom is -0.450 e. The first kappa shape index (κ1) is 20.2. The molecular weight excluding hydrogens is 397 g/mol. The molecule has 154 valence electrons. The van der Waals surface area contributed by atoms with Crippen LogP contribution < -0.4 is 5.56 Å². The number of esters is 1. The topological polar surface area (TPSA) is 74.1 Å². The van der Waals surface area contributed by atoms with Gasteiger partial charge in [0.05, 0.1) is 11.4 Å². The van der Waals surface area contributed by atoms with Gasteiger partial charge >= 0.3 is 5.97 Å². The second-order valence-electron chi connectivity index (χ2n) is 6.76. The summed E-state index contributed by atoms with van der Waals surface area (Å²) in [5.74, 6) is -1.15. The highest BCUT2D eigenvalue weighted by atomic mass is 19.1. The van der Waals surface area contributed by atoms with Gasteiger partial charge < -0.3 is 4.74 Å². The molecule has 1 unspecified atom stereocenters. The molecule has 0 saturated heterocycles. The maximum Gasteiger partial charge on any atom is 0.328 e. The normalized spacial score (nSPS) is 11.6. The van der Waals surface area contributed by atoms with Crippen molar-refractivity contribution in [3.63, 3.8) is 0 Å². The third kappa shape index (κ3) is 4.90. The van der Waals surface area contributed by atoms with E-state index in [4.69, 9.17) is 4.74 Å².